The van der Waals surface area contributed by atoms with Gasteiger partial charge in [-0.25, -0.2) is 0 Å². The molecule has 0 aromatic rings. The van der Waals surface area contributed by atoms with Crippen LogP contribution in [-0.2, 0) is 4.74 Å². The largest absolute Gasteiger partial charge is 0.400 e. The SMILES string of the molecule is COC1CC=C(SCCN2CCN(CCO)CC2)C=C1N. The molecule has 0 radical (unpaired) electrons. The van der Waals surface area contributed by atoms with Crippen LogP contribution in [0.2, 0.25) is 0 Å². The molecule has 1 atom stereocenters. The molecule has 1 heterocycles. The van der Waals surface area contributed by atoms with E-state index in [1.165, 1.54) is 4.91 Å². The molecule has 2 rings (SSSR count). The number of piperazine rings is 1. The van der Waals surface area contributed by atoms with Crippen molar-refractivity contribution in [2.75, 3.05) is 58.7 Å². The summed E-state index contributed by atoms with van der Waals surface area (Å²) in [5.41, 5.74) is 6.82. The smallest absolute Gasteiger partial charge is 0.0998 e. The molecule has 120 valence electrons. The highest BCUT2D eigenvalue weighted by Crippen LogP contribution is 2.25. The number of ether oxygens (including phenoxy) is 1. The van der Waals surface area contributed by atoms with Crippen molar-refractivity contribution >= 4 is 11.8 Å². The molecule has 1 aliphatic carbocycles. The first-order valence-electron chi connectivity index (χ1n) is 7.61. The summed E-state index contributed by atoms with van der Waals surface area (Å²) in [5.74, 6) is 1.09. The fourth-order valence-electron chi connectivity index (χ4n) is 2.68. The van der Waals surface area contributed by atoms with Crippen molar-refractivity contribution in [3.05, 3.63) is 22.8 Å². The number of allylic oxidation sites excluding steroid dienone is 1. The Morgan fingerprint density at radius 1 is 1.29 bits per heavy atom. The predicted molar refractivity (Wildman–Crippen MR) is 88.2 cm³/mol. The number of aliphatic hydroxyl groups is 1. The van der Waals surface area contributed by atoms with Gasteiger partial charge in [-0.2, -0.15) is 0 Å². The lowest BCUT2D eigenvalue weighted by Crippen LogP contribution is -2.47. The van der Waals surface area contributed by atoms with Gasteiger partial charge in [-0.05, 0) is 12.5 Å². The fourth-order valence-corrected chi connectivity index (χ4v) is 3.70. The number of thioether (sulfide) groups is 1. The molecule has 0 spiro atoms. The first kappa shape index (κ1) is 16.8. The van der Waals surface area contributed by atoms with Crippen molar-refractivity contribution in [2.45, 2.75) is 12.5 Å². The number of hydrogen-bond donors (Lipinski definition) is 2. The van der Waals surface area contributed by atoms with Crippen LogP contribution in [0.15, 0.2) is 22.8 Å². The van der Waals surface area contributed by atoms with Crippen molar-refractivity contribution in [2.24, 2.45) is 5.73 Å². The van der Waals surface area contributed by atoms with E-state index >= 15 is 0 Å². The third-order valence-electron chi connectivity index (χ3n) is 4.06. The second-order valence-electron chi connectivity index (χ2n) is 5.47. The molecule has 21 heavy (non-hydrogen) atoms. The lowest BCUT2D eigenvalue weighted by atomic mass is 10.1. The van der Waals surface area contributed by atoms with Gasteiger partial charge in [0.25, 0.3) is 0 Å². The summed E-state index contributed by atoms with van der Waals surface area (Å²) in [6.07, 6.45) is 5.19. The van der Waals surface area contributed by atoms with Crippen LogP contribution in [0.5, 0.6) is 0 Å². The third kappa shape index (κ3) is 5.30. The molecule has 0 amide bonds. The van der Waals surface area contributed by atoms with Crippen molar-refractivity contribution < 1.29 is 9.84 Å². The molecular formula is C15H27N3O2S. The Balaban J connectivity index is 1.64. The quantitative estimate of drug-likeness (QED) is 0.713. The van der Waals surface area contributed by atoms with Gasteiger partial charge in [0, 0.05) is 62.7 Å². The van der Waals surface area contributed by atoms with Gasteiger partial charge in [-0.3, -0.25) is 9.80 Å². The minimum Gasteiger partial charge on any atom is -0.400 e. The zero-order valence-electron chi connectivity index (χ0n) is 12.8. The van der Waals surface area contributed by atoms with Crippen molar-refractivity contribution in [1.82, 2.24) is 9.80 Å². The Morgan fingerprint density at radius 3 is 2.52 bits per heavy atom. The Kier molecular flexibility index (Phi) is 7.06. The van der Waals surface area contributed by atoms with Crippen LogP contribution in [0.1, 0.15) is 6.42 Å². The summed E-state index contributed by atoms with van der Waals surface area (Å²) in [4.78, 5) is 6.08. The number of β-amino-alcohol motifs (C(OH)–C–C–N with tert-alkyl or cyclic N) is 1. The Hall–Kier alpha value is -0.530. The van der Waals surface area contributed by atoms with Crippen LogP contribution in [-0.4, -0.2) is 79.7 Å². The highest BCUT2D eigenvalue weighted by atomic mass is 32.2. The first-order valence-corrected chi connectivity index (χ1v) is 8.60. The van der Waals surface area contributed by atoms with E-state index in [1.54, 1.807) is 7.11 Å². The minimum absolute atomic E-state index is 0.0500. The molecule has 5 nitrogen and oxygen atoms in total. The van der Waals surface area contributed by atoms with E-state index in [0.29, 0.717) is 0 Å². The number of hydrogen-bond acceptors (Lipinski definition) is 6. The zero-order chi connectivity index (χ0) is 15.1. The molecule has 1 saturated heterocycles. The minimum atomic E-state index is 0.0500. The summed E-state index contributed by atoms with van der Waals surface area (Å²) in [6, 6.07) is 0. The normalized spacial score (nSPS) is 24.8. The average molecular weight is 313 g/mol. The van der Waals surface area contributed by atoms with Gasteiger partial charge < -0.3 is 15.6 Å². The molecule has 1 fully saturated rings. The van der Waals surface area contributed by atoms with Crippen molar-refractivity contribution in [1.29, 1.82) is 0 Å². The Morgan fingerprint density at radius 2 is 1.95 bits per heavy atom. The number of nitrogens with two attached hydrogens (primary N) is 1. The summed E-state index contributed by atoms with van der Waals surface area (Å²) >= 11 is 1.87. The summed E-state index contributed by atoms with van der Waals surface area (Å²) < 4.78 is 5.30. The van der Waals surface area contributed by atoms with E-state index in [2.05, 4.69) is 15.9 Å². The average Bonchev–Trinajstić information content (AvgIpc) is 2.49. The van der Waals surface area contributed by atoms with E-state index < -0.39 is 0 Å². The van der Waals surface area contributed by atoms with E-state index in [9.17, 15) is 0 Å². The lowest BCUT2D eigenvalue weighted by molar-refractivity contribution is 0.117. The molecule has 0 aromatic heterocycles. The number of nitrogens with zero attached hydrogens (tertiary/aromatic N) is 2. The maximum atomic E-state index is 8.94. The van der Waals surface area contributed by atoms with E-state index in [-0.39, 0.29) is 12.7 Å². The summed E-state index contributed by atoms with van der Waals surface area (Å²) in [5, 5.41) is 8.94. The van der Waals surface area contributed by atoms with Crippen LogP contribution in [0.25, 0.3) is 0 Å². The van der Waals surface area contributed by atoms with Gasteiger partial charge in [-0.15, -0.1) is 11.8 Å². The molecule has 2 aliphatic rings. The van der Waals surface area contributed by atoms with Crippen LogP contribution in [0.4, 0.5) is 0 Å². The second-order valence-corrected chi connectivity index (χ2v) is 6.63. The van der Waals surface area contributed by atoms with Gasteiger partial charge in [0.2, 0.25) is 0 Å². The summed E-state index contributed by atoms with van der Waals surface area (Å²) in [7, 11) is 1.70. The molecular weight excluding hydrogens is 286 g/mol. The molecule has 0 aromatic carbocycles. The lowest BCUT2D eigenvalue weighted by Gasteiger charge is -2.34. The van der Waals surface area contributed by atoms with Gasteiger partial charge in [0.05, 0.1) is 12.7 Å². The first-order chi connectivity index (χ1) is 10.2. The number of methoxy groups -OCH3 is 1. The molecule has 0 saturated carbocycles. The topological polar surface area (TPSA) is 62.0 Å². The zero-order valence-corrected chi connectivity index (χ0v) is 13.6. The van der Waals surface area contributed by atoms with E-state index in [1.807, 2.05) is 17.8 Å². The Labute approximate surface area is 131 Å². The summed E-state index contributed by atoms with van der Waals surface area (Å²) in [6.45, 7) is 6.51. The highest BCUT2D eigenvalue weighted by molar-refractivity contribution is 8.03. The van der Waals surface area contributed by atoms with Crippen molar-refractivity contribution in [3.63, 3.8) is 0 Å². The fraction of sp³-hybridized carbons (Fsp3) is 0.733. The van der Waals surface area contributed by atoms with Gasteiger partial charge >= 0.3 is 0 Å². The molecule has 0 bridgehead atoms. The van der Waals surface area contributed by atoms with Crippen LogP contribution in [0.3, 0.4) is 0 Å². The maximum Gasteiger partial charge on any atom is 0.0998 e. The third-order valence-corrected chi connectivity index (χ3v) is 5.06. The number of rotatable bonds is 7. The Bertz CT molecular complexity index is 379. The number of aliphatic hydroxyl groups excluding tert-OH is 1. The monoisotopic (exact) mass is 313 g/mol. The van der Waals surface area contributed by atoms with Gasteiger partial charge in [0.15, 0.2) is 0 Å². The van der Waals surface area contributed by atoms with Crippen LogP contribution in [0, 0.1) is 0 Å². The van der Waals surface area contributed by atoms with E-state index in [0.717, 1.165) is 57.1 Å². The van der Waals surface area contributed by atoms with Gasteiger partial charge in [-0.1, -0.05) is 6.08 Å². The highest BCUT2D eigenvalue weighted by Gasteiger charge is 2.17. The van der Waals surface area contributed by atoms with Gasteiger partial charge in [0.1, 0.15) is 0 Å². The molecule has 6 heteroatoms. The van der Waals surface area contributed by atoms with Crippen LogP contribution >= 0.6 is 11.8 Å². The molecule has 1 unspecified atom stereocenters. The molecule has 1 aliphatic heterocycles. The standard InChI is InChI=1S/C15H27N3O2S/c1-20-15-3-2-13(12-14(15)16)21-11-9-18-6-4-17(5-7-18)8-10-19/h2,12,15,19H,3-11,16H2,1H3. The van der Waals surface area contributed by atoms with Crippen LogP contribution < -0.4 is 5.73 Å². The van der Waals surface area contributed by atoms with E-state index in [4.69, 9.17) is 15.6 Å². The maximum absolute atomic E-state index is 8.94. The van der Waals surface area contributed by atoms with Crippen molar-refractivity contribution in [3.8, 4) is 0 Å². The molecule has 3 N–H and O–H groups in total. The predicted octanol–water partition coefficient (Wildman–Crippen LogP) is 0.475. The second kappa shape index (κ2) is 8.80.